The normalized spacial score (nSPS) is 15.0. The second-order valence-electron chi connectivity index (χ2n) is 5.12. The van der Waals surface area contributed by atoms with Crippen LogP contribution in [0.25, 0.3) is 0 Å². The van der Waals surface area contributed by atoms with Crippen LogP contribution in [0.1, 0.15) is 11.3 Å². The Morgan fingerprint density at radius 1 is 1.33 bits per heavy atom. The molecule has 0 atom stereocenters. The summed E-state index contributed by atoms with van der Waals surface area (Å²) < 4.78 is 15.7. The second-order valence-corrected chi connectivity index (χ2v) is 5.53. The minimum Gasteiger partial charge on any atom is -0.503 e. The predicted molar refractivity (Wildman–Crippen MR) is 77.9 cm³/mol. The zero-order valence-electron chi connectivity index (χ0n) is 11.2. The van der Waals surface area contributed by atoms with Crippen LogP contribution < -0.4 is 5.43 Å². The molecular formula is C15H14ClFN2O2. The van der Waals surface area contributed by atoms with E-state index in [-0.39, 0.29) is 11.6 Å². The van der Waals surface area contributed by atoms with Crippen molar-refractivity contribution in [3.63, 3.8) is 0 Å². The van der Waals surface area contributed by atoms with Crippen LogP contribution in [-0.2, 0) is 19.6 Å². The molecule has 0 aliphatic carbocycles. The Morgan fingerprint density at radius 2 is 2.14 bits per heavy atom. The third kappa shape index (κ3) is 2.80. The largest absolute Gasteiger partial charge is 0.503 e. The van der Waals surface area contributed by atoms with E-state index in [0.717, 1.165) is 5.69 Å². The van der Waals surface area contributed by atoms with E-state index in [4.69, 9.17) is 11.6 Å². The van der Waals surface area contributed by atoms with Gasteiger partial charge in [-0.05, 0) is 12.1 Å². The fraction of sp³-hybridized carbons (Fsp3) is 0.267. The van der Waals surface area contributed by atoms with Crippen molar-refractivity contribution in [1.82, 2.24) is 9.47 Å². The molecule has 0 unspecified atom stereocenters. The number of fused-ring (bicyclic) bond motifs is 1. The molecule has 4 nitrogen and oxygen atoms in total. The molecular weight excluding hydrogens is 295 g/mol. The molecule has 110 valence electrons. The van der Waals surface area contributed by atoms with E-state index in [0.29, 0.717) is 36.8 Å². The quantitative estimate of drug-likeness (QED) is 0.926. The maximum Gasteiger partial charge on any atom is 0.223 e. The average Bonchev–Trinajstić information content (AvgIpc) is 2.44. The van der Waals surface area contributed by atoms with Gasteiger partial charge in [0.15, 0.2) is 5.75 Å². The van der Waals surface area contributed by atoms with Crippen LogP contribution in [-0.4, -0.2) is 21.1 Å². The summed E-state index contributed by atoms with van der Waals surface area (Å²) in [5.41, 5.74) is 0.872. The Kier molecular flexibility index (Phi) is 3.69. The predicted octanol–water partition coefficient (Wildman–Crippen LogP) is 2.36. The summed E-state index contributed by atoms with van der Waals surface area (Å²) in [6, 6.07) is 6.06. The minimum atomic E-state index is -0.396. The van der Waals surface area contributed by atoms with Crippen LogP contribution in [0.2, 0.25) is 5.02 Å². The van der Waals surface area contributed by atoms with Crippen molar-refractivity contribution in [1.29, 1.82) is 0 Å². The summed E-state index contributed by atoms with van der Waals surface area (Å²) in [6.07, 6.45) is 1.45. The van der Waals surface area contributed by atoms with Gasteiger partial charge in [0, 0.05) is 48.5 Å². The number of rotatable bonds is 2. The van der Waals surface area contributed by atoms with Gasteiger partial charge in [-0.25, -0.2) is 4.39 Å². The molecule has 2 heterocycles. The first kappa shape index (κ1) is 14.1. The summed E-state index contributed by atoms with van der Waals surface area (Å²) in [6.45, 7) is 2.23. The fourth-order valence-corrected chi connectivity index (χ4v) is 2.77. The molecule has 0 bridgehead atoms. The van der Waals surface area contributed by atoms with Gasteiger partial charge in [0.2, 0.25) is 5.43 Å². The Balaban J connectivity index is 1.84. The lowest BCUT2D eigenvalue weighted by Crippen LogP contribution is -2.34. The van der Waals surface area contributed by atoms with Gasteiger partial charge in [-0.2, -0.15) is 0 Å². The van der Waals surface area contributed by atoms with Crippen LogP contribution in [0.4, 0.5) is 4.39 Å². The zero-order chi connectivity index (χ0) is 15.0. The average molecular weight is 309 g/mol. The van der Waals surface area contributed by atoms with E-state index < -0.39 is 5.43 Å². The lowest BCUT2D eigenvalue weighted by molar-refractivity contribution is 0.207. The monoisotopic (exact) mass is 308 g/mol. The van der Waals surface area contributed by atoms with Crippen molar-refractivity contribution in [3.05, 3.63) is 62.8 Å². The van der Waals surface area contributed by atoms with Crippen LogP contribution in [0.15, 0.2) is 35.3 Å². The maximum absolute atomic E-state index is 13.8. The lowest BCUT2D eigenvalue weighted by atomic mass is 10.1. The zero-order valence-corrected chi connectivity index (χ0v) is 12.0. The van der Waals surface area contributed by atoms with Crippen LogP contribution in [0.5, 0.6) is 5.75 Å². The molecule has 21 heavy (non-hydrogen) atoms. The molecule has 6 heteroatoms. The summed E-state index contributed by atoms with van der Waals surface area (Å²) in [7, 11) is 0. The van der Waals surface area contributed by atoms with Gasteiger partial charge in [0.1, 0.15) is 5.82 Å². The molecule has 0 radical (unpaired) electrons. The number of aromatic nitrogens is 1. The van der Waals surface area contributed by atoms with Gasteiger partial charge >= 0.3 is 0 Å². The molecule has 1 aromatic carbocycles. The highest BCUT2D eigenvalue weighted by molar-refractivity contribution is 6.31. The lowest BCUT2D eigenvalue weighted by Gasteiger charge is -2.30. The van der Waals surface area contributed by atoms with Crippen molar-refractivity contribution < 1.29 is 9.50 Å². The first-order chi connectivity index (χ1) is 10.0. The molecule has 1 aliphatic rings. The topological polar surface area (TPSA) is 45.5 Å². The molecule has 1 aromatic heterocycles. The third-order valence-electron chi connectivity index (χ3n) is 3.68. The van der Waals surface area contributed by atoms with Gasteiger partial charge in [0.05, 0.1) is 6.20 Å². The van der Waals surface area contributed by atoms with Crippen LogP contribution >= 0.6 is 11.6 Å². The SMILES string of the molecule is O=c1cc2n(cc1O)CCN(Cc1c(F)cccc1Cl)C2. The summed E-state index contributed by atoms with van der Waals surface area (Å²) >= 11 is 6.04. The Hall–Kier alpha value is -1.85. The maximum atomic E-state index is 13.8. The molecule has 0 saturated carbocycles. The molecule has 3 rings (SSSR count). The number of aromatic hydroxyl groups is 1. The van der Waals surface area contributed by atoms with Gasteiger partial charge in [-0.3, -0.25) is 9.69 Å². The second kappa shape index (κ2) is 5.50. The van der Waals surface area contributed by atoms with Crippen molar-refractivity contribution in [3.8, 4) is 5.75 Å². The molecule has 0 spiro atoms. The van der Waals surface area contributed by atoms with Crippen molar-refractivity contribution in [2.75, 3.05) is 6.54 Å². The van der Waals surface area contributed by atoms with Crippen molar-refractivity contribution >= 4 is 11.6 Å². The van der Waals surface area contributed by atoms with Gasteiger partial charge < -0.3 is 9.67 Å². The number of benzene rings is 1. The first-order valence-corrected chi connectivity index (χ1v) is 7.00. The highest BCUT2D eigenvalue weighted by Crippen LogP contribution is 2.23. The van der Waals surface area contributed by atoms with E-state index >= 15 is 0 Å². The van der Waals surface area contributed by atoms with E-state index in [2.05, 4.69) is 0 Å². The molecule has 0 saturated heterocycles. The fourth-order valence-electron chi connectivity index (χ4n) is 2.55. The molecule has 1 N–H and O–H groups in total. The molecule has 2 aromatic rings. The van der Waals surface area contributed by atoms with E-state index in [1.807, 2.05) is 9.47 Å². The van der Waals surface area contributed by atoms with Crippen LogP contribution in [0, 0.1) is 5.82 Å². The molecule has 0 fully saturated rings. The number of pyridine rings is 1. The number of nitrogens with zero attached hydrogens (tertiary/aromatic N) is 2. The van der Waals surface area contributed by atoms with Crippen molar-refractivity contribution in [2.24, 2.45) is 0 Å². The summed E-state index contributed by atoms with van der Waals surface area (Å²) in [5.74, 6) is -0.569. The molecule has 1 aliphatic heterocycles. The third-order valence-corrected chi connectivity index (χ3v) is 4.04. The first-order valence-electron chi connectivity index (χ1n) is 6.62. The smallest absolute Gasteiger partial charge is 0.223 e. The Labute approximate surface area is 126 Å². The van der Waals surface area contributed by atoms with Gasteiger partial charge in [-0.15, -0.1) is 0 Å². The minimum absolute atomic E-state index is 0.246. The Bertz CT molecular complexity index is 725. The van der Waals surface area contributed by atoms with E-state index in [1.165, 1.54) is 18.3 Å². The standard InChI is InChI=1S/C15H14ClFN2O2/c16-12-2-1-3-13(17)11(12)8-18-4-5-19-9-15(21)14(20)6-10(19)7-18/h1-3,6,9,21H,4-5,7-8H2. The van der Waals surface area contributed by atoms with E-state index in [9.17, 15) is 14.3 Å². The number of hydrogen-bond donors (Lipinski definition) is 1. The summed E-state index contributed by atoms with van der Waals surface area (Å²) in [5, 5.41) is 9.84. The Morgan fingerprint density at radius 3 is 2.90 bits per heavy atom. The van der Waals surface area contributed by atoms with Crippen LogP contribution in [0.3, 0.4) is 0 Å². The van der Waals surface area contributed by atoms with Crippen molar-refractivity contribution in [2.45, 2.75) is 19.6 Å². The van der Waals surface area contributed by atoms with E-state index in [1.54, 1.807) is 12.1 Å². The highest BCUT2D eigenvalue weighted by Gasteiger charge is 2.19. The highest BCUT2D eigenvalue weighted by atomic mass is 35.5. The summed E-state index contributed by atoms with van der Waals surface area (Å²) in [4.78, 5) is 13.5. The number of hydrogen-bond acceptors (Lipinski definition) is 3. The van der Waals surface area contributed by atoms with Gasteiger partial charge in [-0.1, -0.05) is 17.7 Å². The number of halogens is 2. The van der Waals surface area contributed by atoms with Gasteiger partial charge in [0.25, 0.3) is 0 Å². The molecule has 0 amide bonds.